The maximum atomic E-state index is 5.20. The molecule has 0 aliphatic heterocycles. The second kappa shape index (κ2) is 7.31. The van der Waals surface area contributed by atoms with Crippen molar-refractivity contribution in [3.63, 3.8) is 0 Å². The van der Waals surface area contributed by atoms with Crippen molar-refractivity contribution >= 4 is 11.3 Å². The van der Waals surface area contributed by atoms with Crippen LogP contribution in [-0.2, 0) is 6.42 Å². The van der Waals surface area contributed by atoms with Crippen molar-refractivity contribution in [3.05, 3.63) is 52.2 Å². The highest BCUT2D eigenvalue weighted by atomic mass is 32.1. The molecule has 0 bridgehead atoms. The van der Waals surface area contributed by atoms with E-state index in [9.17, 15) is 0 Å². The number of rotatable bonds is 7. The van der Waals surface area contributed by atoms with Crippen LogP contribution in [0.15, 0.2) is 41.1 Å². The van der Waals surface area contributed by atoms with Crippen molar-refractivity contribution in [2.75, 3.05) is 13.7 Å². The summed E-state index contributed by atoms with van der Waals surface area (Å²) in [5.41, 5.74) is 2.72. The minimum absolute atomic E-state index is 0.402. The summed E-state index contributed by atoms with van der Waals surface area (Å²) in [6.45, 7) is 3.25. The van der Waals surface area contributed by atoms with Gasteiger partial charge in [-0.3, -0.25) is 0 Å². The monoisotopic (exact) mass is 275 g/mol. The van der Waals surface area contributed by atoms with Gasteiger partial charge in [-0.15, -0.1) is 0 Å². The van der Waals surface area contributed by atoms with Crippen LogP contribution in [0.3, 0.4) is 0 Å². The van der Waals surface area contributed by atoms with Gasteiger partial charge >= 0.3 is 0 Å². The van der Waals surface area contributed by atoms with E-state index >= 15 is 0 Å². The lowest BCUT2D eigenvalue weighted by molar-refractivity contribution is 0.414. The van der Waals surface area contributed by atoms with Crippen molar-refractivity contribution in [2.45, 2.75) is 25.8 Å². The Morgan fingerprint density at radius 1 is 1.21 bits per heavy atom. The van der Waals surface area contributed by atoms with Gasteiger partial charge in [0.2, 0.25) is 0 Å². The number of benzene rings is 1. The molecule has 2 rings (SSSR count). The van der Waals surface area contributed by atoms with Crippen molar-refractivity contribution in [1.82, 2.24) is 5.32 Å². The zero-order chi connectivity index (χ0) is 13.5. The fourth-order valence-corrected chi connectivity index (χ4v) is 2.81. The number of nitrogens with one attached hydrogen (secondary N) is 1. The smallest absolute Gasteiger partial charge is 0.118 e. The molecule has 0 aliphatic rings. The van der Waals surface area contributed by atoms with Crippen LogP contribution in [0.2, 0.25) is 0 Å². The van der Waals surface area contributed by atoms with Crippen LogP contribution in [0.25, 0.3) is 0 Å². The van der Waals surface area contributed by atoms with E-state index < -0.39 is 0 Å². The first-order chi connectivity index (χ1) is 9.33. The average molecular weight is 275 g/mol. The van der Waals surface area contributed by atoms with E-state index in [1.807, 2.05) is 12.1 Å². The zero-order valence-corrected chi connectivity index (χ0v) is 12.4. The molecule has 1 atom stereocenters. The largest absolute Gasteiger partial charge is 0.497 e. The minimum Gasteiger partial charge on any atom is -0.497 e. The maximum absolute atomic E-state index is 5.20. The van der Waals surface area contributed by atoms with Gasteiger partial charge in [-0.25, -0.2) is 0 Å². The summed E-state index contributed by atoms with van der Waals surface area (Å²) in [6, 6.07) is 11.0. The van der Waals surface area contributed by atoms with Crippen molar-refractivity contribution < 1.29 is 4.74 Å². The molecule has 1 aromatic heterocycles. The molecule has 19 heavy (non-hydrogen) atoms. The second-order valence-electron chi connectivity index (χ2n) is 4.62. The van der Waals surface area contributed by atoms with Gasteiger partial charge in [-0.1, -0.05) is 19.1 Å². The van der Waals surface area contributed by atoms with Gasteiger partial charge in [0.1, 0.15) is 5.75 Å². The van der Waals surface area contributed by atoms with E-state index in [4.69, 9.17) is 4.74 Å². The van der Waals surface area contributed by atoms with Gasteiger partial charge in [0.15, 0.2) is 0 Å². The first-order valence-corrected chi connectivity index (χ1v) is 7.66. The lowest BCUT2D eigenvalue weighted by Crippen LogP contribution is -2.23. The molecule has 102 valence electrons. The van der Waals surface area contributed by atoms with Gasteiger partial charge in [-0.2, -0.15) is 11.3 Å². The van der Waals surface area contributed by atoms with E-state index in [1.165, 1.54) is 11.1 Å². The quantitative estimate of drug-likeness (QED) is 0.823. The minimum atomic E-state index is 0.402. The van der Waals surface area contributed by atoms with Gasteiger partial charge in [0.05, 0.1) is 7.11 Å². The summed E-state index contributed by atoms with van der Waals surface area (Å²) in [6.07, 6.45) is 2.17. The highest BCUT2D eigenvalue weighted by Crippen LogP contribution is 2.22. The van der Waals surface area contributed by atoms with Crippen LogP contribution in [0.1, 0.15) is 30.5 Å². The third-order valence-corrected chi connectivity index (χ3v) is 3.89. The Morgan fingerprint density at radius 3 is 2.58 bits per heavy atom. The number of ether oxygens (including phenoxy) is 1. The third-order valence-electron chi connectivity index (χ3n) is 3.19. The van der Waals surface area contributed by atoms with Crippen molar-refractivity contribution in [1.29, 1.82) is 0 Å². The first kappa shape index (κ1) is 14.1. The summed E-state index contributed by atoms with van der Waals surface area (Å²) in [7, 11) is 1.70. The molecule has 1 unspecified atom stereocenters. The van der Waals surface area contributed by atoms with Gasteiger partial charge in [0, 0.05) is 6.04 Å². The molecule has 0 saturated heterocycles. The normalized spacial score (nSPS) is 12.3. The third kappa shape index (κ3) is 4.08. The summed E-state index contributed by atoms with van der Waals surface area (Å²) < 4.78 is 5.20. The Balaban J connectivity index is 2.06. The summed E-state index contributed by atoms with van der Waals surface area (Å²) in [4.78, 5) is 0. The highest BCUT2D eigenvalue weighted by molar-refractivity contribution is 7.07. The lowest BCUT2D eigenvalue weighted by atomic mass is 10.0. The van der Waals surface area contributed by atoms with Gasteiger partial charge < -0.3 is 10.1 Å². The van der Waals surface area contributed by atoms with Gasteiger partial charge in [0.25, 0.3) is 0 Å². The Hall–Kier alpha value is -1.32. The van der Waals surface area contributed by atoms with Gasteiger partial charge in [-0.05, 0) is 59.5 Å². The molecule has 0 aliphatic carbocycles. The summed E-state index contributed by atoms with van der Waals surface area (Å²) >= 11 is 1.76. The molecule has 0 fully saturated rings. The molecule has 2 nitrogen and oxygen atoms in total. The Labute approximate surface area is 119 Å². The van der Waals surface area contributed by atoms with E-state index in [2.05, 4.69) is 41.2 Å². The number of thiophene rings is 1. The number of methoxy groups -OCH3 is 1. The predicted molar refractivity (Wildman–Crippen MR) is 82.1 cm³/mol. The second-order valence-corrected chi connectivity index (χ2v) is 5.40. The van der Waals surface area contributed by atoms with Crippen molar-refractivity contribution in [3.8, 4) is 5.75 Å². The molecule has 0 saturated carbocycles. The molecular formula is C16H21NOS. The molecule has 2 aromatic rings. The van der Waals surface area contributed by atoms with E-state index in [-0.39, 0.29) is 0 Å². The Bertz CT molecular complexity index is 464. The zero-order valence-electron chi connectivity index (χ0n) is 11.6. The fraction of sp³-hybridized carbons (Fsp3) is 0.375. The van der Waals surface area contributed by atoms with E-state index in [0.717, 1.165) is 25.1 Å². The SMILES string of the molecule is CCCNC(Cc1ccc(OC)cc1)c1ccsc1. The van der Waals surface area contributed by atoms with E-state index in [0.29, 0.717) is 6.04 Å². The van der Waals surface area contributed by atoms with E-state index in [1.54, 1.807) is 18.4 Å². The molecule has 1 N–H and O–H groups in total. The number of hydrogen-bond acceptors (Lipinski definition) is 3. The van der Waals surface area contributed by atoms with Crippen LogP contribution in [0.4, 0.5) is 0 Å². The Morgan fingerprint density at radius 2 is 2.00 bits per heavy atom. The molecule has 0 spiro atoms. The van der Waals surface area contributed by atoms with Crippen molar-refractivity contribution in [2.24, 2.45) is 0 Å². The van der Waals surface area contributed by atoms with Crippen LogP contribution >= 0.6 is 11.3 Å². The molecule has 1 heterocycles. The standard InChI is InChI=1S/C16H21NOS/c1-3-9-17-16(14-8-10-19-12-14)11-13-4-6-15(18-2)7-5-13/h4-8,10,12,16-17H,3,9,11H2,1-2H3. The van der Waals surface area contributed by atoms with Crippen LogP contribution in [0.5, 0.6) is 5.75 Å². The first-order valence-electron chi connectivity index (χ1n) is 6.72. The highest BCUT2D eigenvalue weighted by Gasteiger charge is 2.11. The lowest BCUT2D eigenvalue weighted by Gasteiger charge is -2.18. The molecule has 1 aromatic carbocycles. The predicted octanol–water partition coefficient (Wildman–Crippen LogP) is 4.04. The maximum Gasteiger partial charge on any atom is 0.118 e. The van der Waals surface area contributed by atoms with Crippen LogP contribution < -0.4 is 10.1 Å². The summed E-state index contributed by atoms with van der Waals surface area (Å²) in [5.74, 6) is 0.914. The van der Waals surface area contributed by atoms with Crippen LogP contribution in [0, 0.1) is 0 Å². The van der Waals surface area contributed by atoms with Crippen LogP contribution in [-0.4, -0.2) is 13.7 Å². The molecule has 0 amide bonds. The Kier molecular flexibility index (Phi) is 5.43. The number of hydrogen-bond donors (Lipinski definition) is 1. The fourth-order valence-electron chi connectivity index (χ4n) is 2.10. The average Bonchev–Trinajstić information content (AvgIpc) is 2.98. The molecular weight excluding hydrogens is 254 g/mol. The topological polar surface area (TPSA) is 21.3 Å². The molecule has 0 radical (unpaired) electrons. The molecule has 3 heteroatoms. The summed E-state index contributed by atoms with van der Waals surface area (Å²) in [5, 5.41) is 8.00.